The molecule has 0 saturated carbocycles. The summed E-state index contributed by atoms with van der Waals surface area (Å²) in [5.74, 6) is 0.191. The Labute approximate surface area is 140 Å². The van der Waals surface area contributed by atoms with Crippen molar-refractivity contribution in [2.24, 2.45) is 5.92 Å². The zero-order valence-electron chi connectivity index (χ0n) is 13.6. The van der Waals surface area contributed by atoms with Crippen LogP contribution in [0.1, 0.15) is 38.1 Å². The van der Waals surface area contributed by atoms with Gasteiger partial charge in [0, 0.05) is 19.6 Å². The highest BCUT2D eigenvalue weighted by Crippen LogP contribution is 2.22. The molecule has 1 aromatic heterocycles. The van der Waals surface area contributed by atoms with Crippen molar-refractivity contribution in [1.82, 2.24) is 30.3 Å². The quantitative estimate of drug-likeness (QED) is 0.792. The van der Waals surface area contributed by atoms with E-state index in [-0.39, 0.29) is 29.7 Å². The predicted octanol–water partition coefficient (Wildman–Crippen LogP) is 0.0209. The van der Waals surface area contributed by atoms with Crippen molar-refractivity contribution in [2.75, 3.05) is 19.6 Å². The van der Waals surface area contributed by atoms with Crippen LogP contribution in [0.3, 0.4) is 0 Å². The van der Waals surface area contributed by atoms with E-state index < -0.39 is 6.04 Å². The number of hydrogen-bond donors (Lipinski definition) is 2. The van der Waals surface area contributed by atoms with E-state index in [0.717, 1.165) is 19.3 Å². The summed E-state index contributed by atoms with van der Waals surface area (Å²) in [5, 5.41) is 18.5. The van der Waals surface area contributed by atoms with E-state index in [1.54, 1.807) is 15.9 Å². The van der Waals surface area contributed by atoms with Crippen molar-refractivity contribution in [1.29, 1.82) is 5.26 Å². The number of amides is 3. The van der Waals surface area contributed by atoms with Crippen molar-refractivity contribution >= 4 is 11.9 Å². The lowest BCUT2D eigenvalue weighted by molar-refractivity contribution is -0.125. The largest absolute Gasteiger partial charge is 0.354 e. The van der Waals surface area contributed by atoms with Gasteiger partial charge >= 0.3 is 6.03 Å². The topological polar surface area (TPSA) is 116 Å². The summed E-state index contributed by atoms with van der Waals surface area (Å²) in [6.45, 7) is 3.82. The number of rotatable bonds is 2. The summed E-state index contributed by atoms with van der Waals surface area (Å²) in [6, 6.07) is 1.39. The second-order valence-corrected chi connectivity index (χ2v) is 6.36. The Kier molecular flexibility index (Phi) is 4.64. The van der Waals surface area contributed by atoms with Gasteiger partial charge in [-0.1, -0.05) is 6.92 Å². The summed E-state index contributed by atoms with van der Waals surface area (Å²) in [5.41, 5.74) is 0. The van der Waals surface area contributed by atoms with Crippen LogP contribution in [0.5, 0.6) is 0 Å². The standard InChI is InChI=1S/C15H21N7O2/c1-10-2-5-17-14(23)13(10)19-15(24)21-6-3-11(4-7-21)22-9-18-12(8-16)20-22/h9-11,13H,2-7H2,1H3,(H,17,23)(H,19,24). The maximum atomic E-state index is 12.4. The van der Waals surface area contributed by atoms with Gasteiger partial charge in [0.05, 0.1) is 6.04 Å². The summed E-state index contributed by atoms with van der Waals surface area (Å²) in [4.78, 5) is 30.0. The molecule has 3 rings (SSSR count). The molecule has 2 saturated heterocycles. The van der Waals surface area contributed by atoms with Crippen LogP contribution in [0.4, 0.5) is 4.79 Å². The number of nitrogens with zero attached hydrogens (tertiary/aromatic N) is 5. The minimum Gasteiger partial charge on any atom is -0.354 e. The van der Waals surface area contributed by atoms with Gasteiger partial charge < -0.3 is 15.5 Å². The van der Waals surface area contributed by atoms with Crippen LogP contribution < -0.4 is 10.6 Å². The van der Waals surface area contributed by atoms with Gasteiger partial charge in [-0.2, -0.15) is 5.26 Å². The third kappa shape index (κ3) is 3.32. The first-order valence-electron chi connectivity index (χ1n) is 8.23. The Morgan fingerprint density at radius 3 is 2.79 bits per heavy atom. The van der Waals surface area contributed by atoms with Gasteiger partial charge in [0.1, 0.15) is 18.4 Å². The van der Waals surface area contributed by atoms with E-state index in [1.165, 1.54) is 0 Å². The van der Waals surface area contributed by atoms with Crippen molar-refractivity contribution < 1.29 is 9.59 Å². The number of carbonyl (C=O) groups is 2. The minimum atomic E-state index is -0.461. The molecule has 0 aromatic carbocycles. The minimum absolute atomic E-state index is 0.108. The lowest BCUT2D eigenvalue weighted by Gasteiger charge is -2.35. The number of aromatic nitrogens is 3. The normalized spacial score (nSPS) is 25.0. The third-order valence-electron chi connectivity index (χ3n) is 4.76. The van der Waals surface area contributed by atoms with Crippen LogP contribution in [0, 0.1) is 17.2 Å². The number of nitrogens with one attached hydrogen (secondary N) is 2. The van der Waals surface area contributed by atoms with E-state index in [9.17, 15) is 9.59 Å². The molecule has 3 amide bonds. The molecule has 128 valence electrons. The van der Waals surface area contributed by atoms with Gasteiger partial charge in [-0.05, 0) is 25.2 Å². The summed E-state index contributed by atoms with van der Waals surface area (Å²) in [7, 11) is 0. The summed E-state index contributed by atoms with van der Waals surface area (Å²) >= 11 is 0. The van der Waals surface area contributed by atoms with Crippen molar-refractivity contribution in [3.8, 4) is 6.07 Å². The number of hydrogen-bond acceptors (Lipinski definition) is 5. The molecular formula is C15H21N7O2. The highest BCUT2D eigenvalue weighted by atomic mass is 16.2. The van der Waals surface area contributed by atoms with Crippen molar-refractivity contribution in [3.63, 3.8) is 0 Å². The first-order valence-corrected chi connectivity index (χ1v) is 8.23. The Balaban J connectivity index is 1.53. The average molecular weight is 331 g/mol. The molecule has 2 aliphatic rings. The second kappa shape index (κ2) is 6.86. The maximum Gasteiger partial charge on any atom is 0.318 e. The van der Waals surface area contributed by atoms with Gasteiger partial charge in [0.2, 0.25) is 5.91 Å². The maximum absolute atomic E-state index is 12.4. The van der Waals surface area contributed by atoms with Gasteiger partial charge in [0.15, 0.2) is 0 Å². The molecule has 0 aliphatic carbocycles. The number of carbonyl (C=O) groups excluding carboxylic acids is 2. The van der Waals surface area contributed by atoms with E-state index in [2.05, 4.69) is 20.7 Å². The summed E-state index contributed by atoms with van der Waals surface area (Å²) < 4.78 is 1.70. The lowest BCUT2D eigenvalue weighted by atomic mass is 9.94. The molecule has 2 aliphatic heterocycles. The Bertz CT molecular complexity index is 657. The molecule has 3 heterocycles. The van der Waals surface area contributed by atoms with Gasteiger partial charge in [-0.15, -0.1) is 5.10 Å². The van der Waals surface area contributed by atoms with Crippen LogP contribution >= 0.6 is 0 Å². The molecule has 2 N–H and O–H groups in total. The first-order chi connectivity index (χ1) is 11.6. The van der Waals surface area contributed by atoms with Crippen LogP contribution in [0.2, 0.25) is 0 Å². The number of piperidine rings is 2. The molecule has 2 unspecified atom stereocenters. The lowest BCUT2D eigenvalue weighted by Crippen LogP contribution is -2.57. The Hall–Kier alpha value is -2.63. The smallest absolute Gasteiger partial charge is 0.318 e. The monoisotopic (exact) mass is 331 g/mol. The SMILES string of the molecule is CC1CCNC(=O)C1NC(=O)N1CCC(n2cnc(C#N)n2)CC1. The molecule has 1 aromatic rings. The molecule has 2 fully saturated rings. The highest BCUT2D eigenvalue weighted by molar-refractivity contribution is 5.87. The molecule has 24 heavy (non-hydrogen) atoms. The number of nitriles is 1. The first kappa shape index (κ1) is 16.2. The molecule has 0 bridgehead atoms. The molecule has 0 spiro atoms. The Morgan fingerprint density at radius 2 is 2.17 bits per heavy atom. The fourth-order valence-corrected chi connectivity index (χ4v) is 3.23. The van der Waals surface area contributed by atoms with E-state index >= 15 is 0 Å². The van der Waals surface area contributed by atoms with Crippen LogP contribution in [0.15, 0.2) is 6.33 Å². The van der Waals surface area contributed by atoms with Crippen molar-refractivity contribution in [3.05, 3.63) is 12.2 Å². The molecule has 9 nitrogen and oxygen atoms in total. The van der Waals surface area contributed by atoms with Crippen LogP contribution in [-0.2, 0) is 4.79 Å². The zero-order valence-corrected chi connectivity index (χ0v) is 13.6. The summed E-state index contributed by atoms with van der Waals surface area (Å²) in [6.07, 6.45) is 3.92. The third-order valence-corrected chi connectivity index (χ3v) is 4.76. The van der Waals surface area contributed by atoms with E-state index in [0.29, 0.717) is 19.6 Å². The molecular weight excluding hydrogens is 310 g/mol. The average Bonchev–Trinajstić information content (AvgIpc) is 3.07. The highest BCUT2D eigenvalue weighted by Gasteiger charge is 2.32. The van der Waals surface area contributed by atoms with Gasteiger partial charge in [-0.25, -0.2) is 14.5 Å². The Morgan fingerprint density at radius 1 is 1.42 bits per heavy atom. The zero-order chi connectivity index (χ0) is 17.1. The number of likely N-dealkylation sites (tertiary alicyclic amines) is 1. The fourth-order valence-electron chi connectivity index (χ4n) is 3.23. The predicted molar refractivity (Wildman–Crippen MR) is 83.7 cm³/mol. The van der Waals surface area contributed by atoms with Gasteiger partial charge in [0.25, 0.3) is 5.82 Å². The van der Waals surface area contributed by atoms with E-state index in [1.807, 2.05) is 13.0 Å². The van der Waals surface area contributed by atoms with Crippen molar-refractivity contribution in [2.45, 2.75) is 38.3 Å². The van der Waals surface area contributed by atoms with Crippen LogP contribution in [0.25, 0.3) is 0 Å². The molecule has 9 heteroatoms. The fraction of sp³-hybridized carbons (Fsp3) is 0.667. The molecule has 0 radical (unpaired) electrons. The van der Waals surface area contributed by atoms with Gasteiger partial charge in [-0.3, -0.25) is 4.79 Å². The van der Waals surface area contributed by atoms with Crippen LogP contribution in [-0.4, -0.2) is 57.3 Å². The molecule has 2 atom stereocenters. The number of urea groups is 1. The van der Waals surface area contributed by atoms with E-state index in [4.69, 9.17) is 5.26 Å². The second-order valence-electron chi connectivity index (χ2n) is 6.36.